The van der Waals surface area contributed by atoms with Gasteiger partial charge in [-0.3, -0.25) is 9.59 Å². The molecule has 1 aliphatic rings. The summed E-state index contributed by atoms with van der Waals surface area (Å²) in [6.45, 7) is -0.501. The van der Waals surface area contributed by atoms with Gasteiger partial charge in [0.05, 0.1) is 23.1 Å². The Balaban J connectivity index is 1.50. The smallest absolute Gasteiger partial charge is 0.324 e. The molecule has 2 aromatic carbocycles. The monoisotopic (exact) mass is 471 g/mol. The molecule has 2 aromatic heterocycles. The average Bonchev–Trinajstić information content (AvgIpc) is 3.54. The molecule has 0 radical (unpaired) electrons. The minimum Gasteiger partial charge on any atom is -0.324 e. The van der Waals surface area contributed by atoms with Crippen LogP contribution < -0.4 is 10.9 Å². The van der Waals surface area contributed by atoms with E-state index in [1.807, 2.05) is 0 Å². The van der Waals surface area contributed by atoms with Crippen LogP contribution >= 0.6 is 0 Å². The first-order valence-corrected chi connectivity index (χ1v) is 10.4. The van der Waals surface area contributed by atoms with Crippen molar-refractivity contribution in [3.63, 3.8) is 0 Å². The number of hydrogen-bond acceptors (Lipinski definition) is 4. The molecule has 1 saturated carbocycles. The van der Waals surface area contributed by atoms with Crippen LogP contribution in [-0.4, -0.2) is 25.5 Å². The summed E-state index contributed by atoms with van der Waals surface area (Å²) >= 11 is 0. The van der Waals surface area contributed by atoms with Gasteiger partial charge >= 0.3 is 6.18 Å². The van der Waals surface area contributed by atoms with Crippen LogP contribution in [0.25, 0.3) is 16.6 Å². The van der Waals surface area contributed by atoms with E-state index in [9.17, 15) is 27.2 Å². The molecule has 1 N–H and O–H groups in total. The summed E-state index contributed by atoms with van der Waals surface area (Å²) in [5.41, 5.74) is -0.277. The molecule has 1 amide bonds. The van der Waals surface area contributed by atoms with Crippen LogP contribution in [0.15, 0.2) is 59.5 Å². The lowest BCUT2D eigenvalue weighted by atomic mass is 10.2. The minimum absolute atomic E-state index is 0.0484. The number of amides is 1. The zero-order valence-electron chi connectivity index (χ0n) is 17.5. The third-order valence-corrected chi connectivity index (χ3v) is 5.51. The maximum atomic E-state index is 13.4. The van der Waals surface area contributed by atoms with Crippen LogP contribution in [0.4, 0.5) is 23.2 Å². The van der Waals surface area contributed by atoms with E-state index in [1.165, 1.54) is 47.3 Å². The number of anilines is 1. The van der Waals surface area contributed by atoms with E-state index in [4.69, 9.17) is 0 Å². The highest BCUT2D eigenvalue weighted by Gasteiger charge is 2.31. The second kappa shape index (κ2) is 8.08. The first-order chi connectivity index (χ1) is 16.2. The molecular weight excluding hydrogens is 454 g/mol. The molecule has 2 heterocycles. The van der Waals surface area contributed by atoms with Crippen LogP contribution in [-0.2, 0) is 17.5 Å². The van der Waals surface area contributed by atoms with Crippen LogP contribution in [0.3, 0.4) is 0 Å². The van der Waals surface area contributed by atoms with Crippen LogP contribution in [0.2, 0.25) is 0 Å². The first-order valence-electron chi connectivity index (χ1n) is 10.4. The number of carbonyl (C=O) groups is 1. The fourth-order valence-corrected chi connectivity index (χ4v) is 3.75. The van der Waals surface area contributed by atoms with Crippen LogP contribution in [0.5, 0.6) is 0 Å². The molecule has 34 heavy (non-hydrogen) atoms. The van der Waals surface area contributed by atoms with E-state index >= 15 is 0 Å². The van der Waals surface area contributed by atoms with Crippen molar-refractivity contribution in [1.29, 1.82) is 0 Å². The Bertz CT molecular complexity index is 1450. The molecule has 0 bridgehead atoms. The Morgan fingerprint density at radius 2 is 1.85 bits per heavy atom. The van der Waals surface area contributed by atoms with Gasteiger partial charge in [0, 0.05) is 17.0 Å². The van der Waals surface area contributed by atoms with Gasteiger partial charge in [0.25, 0.3) is 5.56 Å². The summed E-state index contributed by atoms with van der Waals surface area (Å²) in [4.78, 5) is 25.9. The van der Waals surface area contributed by atoms with Crippen molar-refractivity contribution in [3.05, 3.63) is 82.2 Å². The summed E-state index contributed by atoms with van der Waals surface area (Å²) in [6.07, 6.45) is -1.28. The third-order valence-electron chi connectivity index (χ3n) is 5.51. The van der Waals surface area contributed by atoms with E-state index in [1.54, 1.807) is 0 Å². The lowest BCUT2D eigenvalue weighted by Gasteiger charge is -2.12. The van der Waals surface area contributed by atoms with E-state index in [0.717, 1.165) is 29.7 Å². The fraction of sp³-hybridized carbons (Fsp3) is 0.217. The Hall–Kier alpha value is -4.02. The van der Waals surface area contributed by atoms with Gasteiger partial charge in [-0.1, -0.05) is 6.07 Å². The number of hydrogen-bond donors (Lipinski definition) is 1. The zero-order valence-corrected chi connectivity index (χ0v) is 17.5. The molecule has 0 atom stereocenters. The fourth-order valence-electron chi connectivity index (χ4n) is 3.75. The van der Waals surface area contributed by atoms with E-state index in [2.05, 4.69) is 15.5 Å². The molecule has 1 aliphatic carbocycles. The predicted molar refractivity (Wildman–Crippen MR) is 115 cm³/mol. The SMILES string of the molecule is O=C(Cn1nc(C2CC2)c2cnn(-c3ccc(F)cc3)c2c1=O)Nc1cccc(C(F)(F)F)c1. The number of fused-ring (bicyclic) bond motifs is 1. The number of nitrogens with zero attached hydrogens (tertiary/aromatic N) is 4. The highest BCUT2D eigenvalue weighted by atomic mass is 19.4. The molecule has 0 spiro atoms. The van der Waals surface area contributed by atoms with Crippen molar-refractivity contribution < 1.29 is 22.4 Å². The molecule has 11 heteroatoms. The highest BCUT2D eigenvalue weighted by Crippen LogP contribution is 2.41. The van der Waals surface area contributed by atoms with Gasteiger partial charge in [-0.05, 0) is 55.3 Å². The van der Waals surface area contributed by atoms with Crippen LogP contribution in [0, 0.1) is 5.82 Å². The Morgan fingerprint density at radius 3 is 2.53 bits per heavy atom. The molecule has 7 nitrogen and oxygen atoms in total. The Labute approximate surface area is 189 Å². The molecular formula is C23H17F4N5O2. The predicted octanol–water partition coefficient (Wildman–Crippen LogP) is 4.26. The van der Waals surface area contributed by atoms with Crippen molar-refractivity contribution in [2.24, 2.45) is 0 Å². The van der Waals surface area contributed by atoms with Crippen molar-refractivity contribution in [2.45, 2.75) is 31.5 Å². The first kappa shape index (κ1) is 21.8. The molecule has 0 saturated heterocycles. The van der Waals surface area contributed by atoms with Crippen molar-refractivity contribution in [3.8, 4) is 5.69 Å². The topological polar surface area (TPSA) is 81.8 Å². The zero-order chi connectivity index (χ0) is 24.0. The van der Waals surface area contributed by atoms with Gasteiger partial charge in [-0.25, -0.2) is 13.8 Å². The second-order valence-corrected chi connectivity index (χ2v) is 8.04. The average molecular weight is 471 g/mol. The maximum absolute atomic E-state index is 13.4. The number of rotatable bonds is 5. The summed E-state index contributed by atoms with van der Waals surface area (Å²) in [5.74, 6) is -1.03. The Kier molecular flexibility index (Phi) is 5.18. The number of nitrogens with one attached hydrogen (secondary N) is 1. The summed E-state index contributed by atoms with van der Waals surface area (Å²) in [6, 6.07) is 9.66. The molecule has 0 aliphatic heterocycles. The number of benzene rings is 2. The summed E-state index contributed by atoms with van der Waals surface area (Å²) in [5, 5.41) is 11.6. The molecule has 5 rings (SSSR count). The number of carbonyl (C=O) groups excluding carboxylic acids is 1. The lowest BCUT2D eigenvalue weighted by Crippen LogP contribution is -2.31. The van der Waals surface area contributed by atoms with Gasteiger partial charge in [-0.2, -0.15) is 23.4 Å². The van der Waals surface area contributed by atoms with Gasteiger partial charge in [0.1, 0.15) is 17.9 Å². The Morgan fingerprint density at radius 1 is 1.12 bits per heavy atom. The van der Waals surface area contributed by atoms with Crippen molar-refractivity contribution >= 4 is 22.5 Å². The quantitative estimate of drug-likeness (QED) is 0.441. The molecule has 4 aromatic rings. The molecule has 174 valence electrons. The van der Waals surface area contributed by atoms with Gasteiger partial charge in [-0.15, -0.1) is 0 Å². The normalized spacial score (nSPS) is 13.9. The van der Waals surface area contributed by atoms with Gasteiger partial charge in [0.15, 0.2) is 0 Å². The number of alkyl halides is 3. The number of halogens is 4. The van der Waals surface area contributed by atoms with Crippen molar-refractivity contribution in [2.75, 3.05) is 5.32 Å². The van der Waals surface area contributed by atoms with Gasteiger partial charge < -0.3 is 5.32 Å². The maximum Gasteiger partial charge on any atom is 0.416 e. The molecule has 1 fully saturated rings. The minimum atomic E-state index is -4.55. The largest absolute Gasteiger partial charge is 0.416 e. The summed E-state index contributed by atoms with van der Waals surface area (Å²) in [7, 11) is 0. The summed E-state index contributed by atoms with van der Waals surface area (Å²) < 4.78 is 54.6. The van der Waals surface area contributed by atoms with E-state index < -0.39 is 35.6 Å². The van der Waals surface area contributed by atoms with Crippen LogP contribution in [0.1, 0.15) is 30.0 Å². The molecule has 0 unspecified atom stereocenters. The standard InChI is InChI=1S/C23H17F4N5O2/c24-15-6-8-17(9-7-15)32-21-18(11-28-32)20(13-4-5-13)30-31(22(21)34)12-19(33)29-16-3-1-2-14(10-16)23(25,26)27/h1-3,6-11,13H,4-5,12H2,(H,29,33). The highest BCUT2D eigenvalue weighted by molar-refractivity contribution is 5.91. The lowest BCUT2D eigenvalue weighted by molar-refractivity contribution is -0.137. The number of aromatic nitrogens is 4. The van der Waals surface area contributed by atoms with Crippen molar-refractivity contribution in [1.82, 2.24) is 19.6 Å². The second-order valence-electron chi connectivity index (χ2n) is 8.04. The van der Waals surface area contributed by atoms with E-state index in [-0.39, 0.29) is 17.1 Å². The van der Waals surface area contributed by atoms with E-state index in [0.29, 0.717) is 16.8 Å². The van der Waals surface area contributed by atoms with Gasteiger partial charge in [0.2, 0.25) is 5.91 Å². The third kappa shape index (κ3) is 4.16.